The van der Waals surface area contributed by atoms with Crippen LogP contribution < -0.4 is 5.32 Å². The molecule has 7 heteroatoms. The normalized spacial score (nSPS) is 12.0. The highest BCUT2D eigenvalue weighted by molar-refractivity contribution is 9.10. The summed E-state index contributed by atoms with van der Waals surface area (Å²) in [5.74, 6) is -0.683. The third-order valence-electron chi connectivity index (χ3n) is 2.98. The van der Waals surface area contributed by atoms with Crippen LogP contribution in [-0.4, -0.2) is 4.92 Å². The van der Waals surface area contributed by atoms with Gasteiger partial charge in [-0.25, -0.2) is 4.39 Å². The molecule has 0 amide bonds. The van der Waals surface area contributed by atoms with Gasteiger partial charge >= 0.3 is 0 Å². The molecule has 0 spiro atoms. The van der Waals surface area contributed by atoms with Gasteiger partial charge < -0.3 is 5.32 Å². The molecule has 110 valence electrons. The van der Waals surface area contributed by atoms with Crippen molar-refractivity contribution in [1.82, 2.24) is 0 Å². The lowest BCUT2D eigenvalue weighted by atomic mass is 10.1. The van der Waals surface area contributed by atoms with Gasteiger partial charge in [-0.3, -0.25) is 10.1 Å². The Kier molecular flexibility index (Phi) is 4.80. The van der Waals surface area contributed by atoms with Crippen molar-refractivity contribution in [2.75, 3.05) is 5.32 Å². The van der Waals surface area contributed by atoms with Gasteiger partial charge in [0.2, 0.25) is 0 Å². The number of anilines is 1. The van der Waals surface area contributed by atoms with Crippen molar-refractivity contribution in [3.8, 4) is 0 Å². The Labute approximate surface area is 134 Å². The van der Waals surface area contributed by atoms with Crippen LogP contribution in [0.2, 0.25) is 5.02 Å². The van der Waals surface area contributed by atoms with Gasteiger partial charge in [0, 0.05) is 5.02 Å². The highest BCUT2D eigenvalue weighted by Gasteiger charge is 2.20. The molecular formula is C14H11BrClFN2O2. The Morgan fingerprint density at radius 2 is 2.05 bits per heavy atom. The van der Waals surface area contributed by atoms with E-state index in [0.717, 1.165) is 11.6 Å². The number of benzene rings is 2. The van der Waals surface area contributed by atoms with Crippen LogP contribution in [0, 0.1) is 15.9 Å². The molecule has 0 bridgehead atoms. The van der Waals surface area contributed by atoms with Gasteiger partial charge in [-0.15, -0.1) is 0 Å². The van der Waals surface area contributed by atoms with Crippen molar-refractivity contribution in [1.29, 1.82) is 0 Å². The van der Waals surface area contributed by atoms with E-state index in [2.05, 4.69) is 21.2 Å². The van der Waals surface area contributed by atoms with Crippen molar-refractivity contribution < 1.29 is 9.31 Å². The molecule has 0 aliphatic rings. The van der Waals surface area contributed by atoms with Gasteiger partial charge in [0.05, 0.1) is 21.5 Å². The fourth-order valence-electron chi connectivity index (χ4n) is 1.94. The van der Waals surface area contributed by atoms with Gasteiger partial charge in [-0.05, 0) is 40.5 Å². The number of nitro groups is 1. The fraction of sp³-hybridized carbons (Fsp3) is 0.143. The fourth-order valence-corrected chi connectivity index (χ4v) is 2.58. The molecule has 2 rings (SSSR count). The monoisotopic (exact) mass is 372 g/mol. The predicted molar refractivity (Wildman–Crippen MR) is 84.2 cm³/mol. The van der Waals surface area contributed by atoms with E-state index in [1.165, 1.54) is 6.07 Å². The zero-order valence-electron chi connectivity index (χ0n) is 10.9. The molecule has 0 radical (unpaired) electrons. The summed E-state index contributed by atoms with van der Waals surface area (Å²) >= 11 is 9.13. The van der Waals surface area contributed by atoms with Gasteiger partial charge in [0.1, 0.15) is 11.5 Å². The molecule has 21 heavy (non-hydrogen) atoms. The quantitative estimate of drug-likeness (QED) is 0.582. The third-order valence-corrected chi connectivity index (χ3v) is 3.93. The zero-order chi connectivity index (χ0) is 15.6. The summed E-state index contributed by atoms with van der Waals surface area (Å²) in [6.07, 6.45) is 0. The van der Waals surface area contributed by atoms with Gasteiger partial charge in [0.15, 0.2) is 0 Å². The molecule has 0 aromatic heterocycles. The second kappa shape index (κ2) is 6.41. The number of halogens is 3. The molecule has 0 aliphatic heterocycles. The average molecular weight is 374 g/mol. The lowest BCUT2D eigenvalue weighted by Gasteiger charge is -2.17. The van der Waals surface area contributed by atoms with Crippen molar-refractivity contribution in [2.45, 2.75) is 13.0 Å². The maximum absolute atomic E-state index is 13.4. The number of hydrogen-bond acceptors (Lipinski definition) is 3. The highest BCUT2D eigenvalue weighted by Crippen LogP contribution is 2.34. The molecule has 0 saturated carbocycles. The molecule has 4 nitrogen and oxygen atoms in total. The first-order valence-corrected chi connectivity index (χ1v) is 7.21. The first-order chi connectivity index (χ1) is 9.90. The molecule has 0 aliphatic carbocycles. The first-order valence-electron chi connectivity index (χ1n) is 6.04. The lowest BCUT2D eigenvalue weighted by molar-refractivity contribution is -0.384. The Hall–Kier alpha value is -1.66. The van der Waals surface area contributed by atoms with Crippen LogP contribution in [0.25, 0.3) is 0 Å². The van der Waals surface area contributed by atoms with E-state index in [9.17, 15) is 14.5 Å². The summed E-state index contributed by atoms with van der Waals surface area (Å²) in [4.78, 5) is 10.4. The first kappa shape index (κ1) is 15.7. The van der Waals surface area contributed by atoms with E-state index in [4.69, 9.17) is 11.6 Å². The molecule has 2 aromatic carbocycles. The van der Waals surface area contributed by atoms with E-state index in [1.807, 2.05) is 19.1 Å². The van der Waals surface area contributed by atoms with Crippen molar-refractivity contribution in [2.24, 2.45) is 0 Å². The van der Waals surface area contributed by atoms with Gasteiger partial charge in [0.25, 0.3) is 5.69 Å². The topological polar surface area (TPSA) is 55.2 Å². The third kappa shape index (κ3) is 3.51. The second-order valence-electron chi connectivity index (χ2n) is 4.43. The van der Waals surface area contributed by atoms with Crippen LogP contribution in [0.4, 0.5) is 15.8 Å². The number of nitrogens with zero attached hydrogens (tertiary/aromatic N) is 1. The summed E-state index contributed by atoms with van der Waals surface area (Å²) in [6.45, 7) is 1.82. The van der Waals surface area contributed by atoms with Crippen molar-refractivity contribution in [3.05, 3.63) is 67.4 Å². The molecule has 1 N–H and O–H groups in total. The minimum atomic E-state index is -0.683. The Morgan fingerprint density at radius 3 is 2.67 bits per heavy atom. The molecular weight excluding hydrogens is 363 g/mol. The van der Waals surface area contributed by atoms with Crippen LogP contribution in [0.1, 0.15) is 18.5 Å². The minimum absolute atomic E-state index is 0.155. The van der Waals surface area contributed by atoms with E-state index in [-0.39, 0.29) is 21.9 Å². The summed E-state index contributed by atoms with van der Waals surface area (Å²) in [6, 6.07) is 9.15. The second-order valence-corrected chi connectivity index (χ2v) is 5.69. The van der Waals surface area contributed by atoms with Crippen LogP contribution in [0.3, 0.4) is 0 Å². The SMILES string of the molecule is CC(Nc1cc(Br)c(F)cc1[N+](=O)[O-])c1ccccc1Cl. The maximum atomic E-state index is 13.4. The van der Waals surface area contributed by atoms with E-state index < -0.39 is 10.7 Å². The van der Waals surface area contributed by atoms with Crippen molar-refractivity contribution in [3.63, 3.8) is 0 Å². The number of nitro benzene ring substituents is 1. The summed E-state index contributed by atoms with van der Waals surface area (Å²) in [5, 5.41) is 14.6. The Bertz CT molecular complexity index is 697. The van der Waals surface area contributed by atoms with Gasteiger partial charge in [-0.1, -0.05) is 29.8 Å². The van der Waals surface area contributed by atoms with Crippen LogP contribution in [-0.2, 0) is 0 Å². The summed E-state index contributed by atoms with van der Waals surface area (Å²) < 4.78 is 13.6. The molecule has 0 heterocycles. The Morgan fingerprint density at radius 1 is 1.38 bits per heavy atom. The number of rotatable bonds is 4. The molecule has 0 saturated heterocycles. The van der Waals surface area contributed by atoms with Crippen LogP contribution >= 0.6 is 27.5 Å². The molecule has 2 aromatic rings. The minimum Gasteiger partial charge on any atom is -0.373 e. The van der Waals surface area contributed by atoms with Crippen LogP contribution in [0.5, 0.6) is 0 Å². The largest absolute Gasteiger partial charge is 0.373 e. The molecule has 1 atom stereocenters. The Balaban J connectivity index is 2.37. The van der Waals surface area contributed by atoms with Crippen LogP contribution in [0.15, 0.2) is 40.9 Å². The van der Waals surface area contributed by atoms with Crippen molar-refractivity contribution >= 4 is 38.9 Å². The standard InChI is InChI=1S/C14H11BrClFN2O2/c1-8(9-4-2-3-5-11(9)16)18-13-6-10(15)12(17)7-14(13)19(20)21/h2-8,18H,1H3. The van der Waals surface area contributed by atoms with E-state index in [0.29, 0.717) is 5.02 Å². The summed E-state index contributed by atoms with van der Waals surface area (Å²) in [7, 11) is 0. The van der Waals surface area contributed by atoms with Gasteiger partial charge in [-0.2, -0.15) is 0 Å². The molecule has 1 unspecified atom stereocenters. The van der Waals surface area contributed by atoms with E-state index in [1.54, 1.807) is 12.1 Å². The summed E-state index contributed by atoms with van der Waals surface area (Å²) in [5.41, 5.74) is 0.698. The number of hydrogen-bond donors (Lipinski definition) is 1. The average Bonchev–Trinajstić information content (AvgIpc) is 2.42. The highest BCUT2D eigenvalue weighted by atomic mass is 79.9. The predicted octanol–water partition coefficient (Wildman–Crippen LogP) is 5.32. The number of nitrogens with one attached hydrogen (secondary N) is 1. The lowest BCUT2D eigenvalue weighted by Crippen LogP contribution is -2.09. The van der Waals surface area contributed by atoms with E-state index >= 15 is 0 Å². The smallest absolute Gasteiger partial charge is 0.295 e. The maximum Gasteiger partial charge on any atom is 0.295 e. The molecule has 0 fully saturated rings. The zero-order valence-corrected chi connectivity index (χ0v) is 13.3.